The first kappa shape index (κ1) is 17.8. The highest BCUT2D eigenvalue weighted by molar-refractivity contribution is 5.97. The van der Waals surface area contributed by atoms with Crippen LogP contribution in [0.4, 0.5) is 11.4 Å². The zero-order chi connectivity index (χ0) is 17.8. The fourth-order valence-corrected chi connectivity index (χ4v) is 3.97. The largest absolute Gasteiger partial charge is 0.376 e. The number of nitrogens with zero attached hydrogens (tertiary/aromatic N) is 1. The summed E-state index contributed by atoms with van der Waals surface area (Å²) in [5, 5.41) is 6.41. The SMILES string of the molecule is Cc1c(NCC(=O)N[C@H]2CCCC[C@@H]2C)cccc1N1CCCC1=O. The van der Waals surface area contributed by atoms with Gasteiger partial charge in [-0.1, -0.05) is 25.8 Å². The Kier molecular flexibility index (Phi) is 5.61. The minimum atomic E-state index is 0.0424. The lowest BCUT2D eigenvalue weighted by atomic mass is 9.86. The molecule has 136 valence electrons. The number of anilines is 2. The average Bonchev–Trinajstić information content (AvgIpc) is 3.02. The van der Waals surface area contributed by atoms with E-state index in [1.807, 2.05) is 30.0 Å². The Morgan fingerprint density at radius 3 is 2.76 bits per heavy atom. The van der Waals surface area contributed by atoms with Crippen molar-refractivity contribution in [3.63, 3.8) is 0 Å². The second-order valence-corrected chi connectivity index (χ2v) is 7.39. The molecule has 0 aromatic heterocycles. The highest BCUT2D eigenvalue weighted by atomic mass is 16.2. The van der Waals surface area contributed by atoms with Gasteiger partial charge in [-0.05, 0) is 49.8 Å². The van der Waals surface area contributed by atoms with E-state index in [-0.39, 0.29) is 18.4 Å². The van der Waals surface area contributed by atoms with E-state index < -0.39 is 0 Å². The number of hydrogen-bond acceptors (Lipinski definition) is 3. The number of benzene rings is 1. The monoisotopic (exact) mass is 343 g/mol. The summed E-state index contributed by atoms with van der Waals surface area (Å²) in [7, 11) is 0. The summed E-state index contributed by atoms with van der Waals surface area (Å²) in [5.41, 5.74) is 2.90. The normalized spacial score (nSPS) is 23.6. The van der Waals surface area contributed by atoms with Crippen LogP contribution in [0.25, 0.3) is 0 Å². The van der Waals surface area contributed by atoms with Crippen LogP contribution >= 0.6 is 0 Å². The molecule has 1 aliphatic carbocycles. The van der Waals surface area contributed by atoms with E-state index in [2.05, 4.69) is 17.6 Å². The summed E-state index contributed by atoms with van der Waals surface area (Å²) < 4.78 is 0. The third-order valence-electron chi connectivity index (χ3n) is 5.57. The molecule has 1 heterocycles. The van der Waals surface area contributed by atoms with Crippen molar-refractivity contribution in [2.24, 2.45) is 5.92 Å². The van der Waals surface area contributed by atoms with Gasteiger partial charge in [-0.3, -0.25) is 9.59 Å². The van der Waals surface area contributed by atoms with Crippen molar-refractivity contribution < 1.29 is 9.59 Å². The van der Waals surface area contributed by atoms with Gasteiger partial charge in [0, 0.05) is 30.4 Å². The first-order valence-corrected chi connectivity index (χ1v) is 9.49. The zero-order valence-corrected chi connectivity index (χ0v) is 15.3. The second-order valence-electron chi connectivity index (χ2n) is 7.39. The van der Waals surface area contributed by atoms with Gasteiger partial charge in [0.2, 0.25) is 11.8 Å². The van der Waals surface area contributed by atoms with Gasteiger partial charge in [0.25, 0.3) is 0 Å². The molecule has 25 heavy (non-hydrogen) atoms. The summed E-state index contributed by atoms with van der Waals surface area (Å²) in [4.78, 5) is 26.1. The van der Waals surface area contributed by atoms with Crippen LogP contribution in [-0.2, 0) is 9.59 Å². The topological polar surface area (TPSA) is 61.4 Å². The van der Waals surface area contributed by atoms with Gasteiger partial charge in [0.15, 0.2) is 0 Å². The van der Waals surface area contributed by atoms with Crippen LogP contribution in [-0.4, -0.2) is 30.9 Å². The van der Waals surface area contributed by atoms with Gasteiger partial charge in [0.1, 0.15) is 0 Å². The average molecular weight is 343 g/mol. The molecule has 2 aliphatic rings. The molecule has 1 saturated heterocycles. The number of rotatable bonds is 5. The standard InChI is InChI=1S/C20H29N3O2/c1-14-7-3-4-8-16(14)22-19(24)13-21-17-9-5-10-18(15(17)2)23-12-6-11-20(23)25/h5,9-10,14,16,21H,3-4,6-8,11-13H2,1-2H3,(H,22,24)/t14-,16-/m0/s1. The molecule has 2 N–H and O–H groups in total. The fraction of sp³-hybridized carbons (Fsp3) is 0.600. The maximum atomic E-state index is 12.3. The molecule has 1 aromatic rings. The quantitative estimate of drug-likeness (QED) is 0.863. The minimum Gasteiger partial charge on any atom is -0.376 e. The molecule has 2 fully saturated rings. The Hall–Kier alpha value is -2.04. The number of carbonyl (C=O) groups is 2. The summed E-state index contributed by atoms with van der Waals surface area (Å²) in [6.45, 7) is 5.27. The van der Waals surface area contributed by atoms with Crippen LogP contribution < -0.4 is 15.5 Å². The molecule has 3 rings (SSSR count). The lowest BCUT2D eigenvalue weighted by Crippen LogP contribution is -2.43. The number of hydrogen-bond donors (Lipinski definition) is 2. The van der Waals surface area contributed by atoms with E-state index >= 15 is 0 Å². The predicted octanol–water partition coefficient (Wildman–Crippen LogP) is 3.23. The van der Waals surface area contributed by atoms with Crippen LogP contribution in [0, 0.1) is 12.8 Å². The third-order valence-corrected chi connectivity index (χ3v) is 5.57. The lowest BCUT2D eigenvalue weighted by molar-refractivity contribution is -0.120. The van der Waals surface area contributed by atoms with Crippen molar-refractivity contribution in [1.29, 1.82) is 0 Å². The highest BCUT2D eigenvalue weighted by Crippen LogP contribution is 2.30. The van der Waals surface area contributed by atoms with Crippen molar-refractivity contribution in [2.45, 2.75) is 58.4 Å². The Morgan fingerprint density at radius 1 is 1.24 bits per heavy atom. The first-order valence-electron chi connectivity index (χ1n) is 9.49. The van der Waals surface area contributed by atoms with E-state index in [1.165, 1.54) is 19.3 Å². The summed E-state index contributed by atoms with van der Waals surface area (Å²) in [6, 6.07) is 6.19. The molecule has 0 unspecified atom stereocenters. The van der Waals surface area contributed by atoms with E-state index in [0.717, 1.165) is 36.3 Å². The second kappa shape index (κ2) is 7.89. The molecule has 1 aromatic carbocycles. The smallest absolute Gasteiger partial charge is 0.239 e. The summed E-state index contributed by atoms with van der Waals surface area (Å²) in [5.74, 6) is 0.786. The van der Waals surface area contributed by atoms with Crippen molar-refractivity contribution in [1.82, 2.24) is 5.32 Å². The summed E-state index contributed by atoms with van der Waals surface area (Å²) in [6.07, 6.45) is 6.29. The van der Waals surface area contributed by atoms with Crippen molar-refractivity contribution in [3.05, 3.63) is 23.8 Å². The maximum absolute atomic E-state index is 12.3. The molecule has 1 aliphatic heterocycles. The van der Waals surface area contributed by atoms with Crippen LogP contribution in [0.5, 0.6) is 0 Å². The van der Waals surface area contributed by atoms with Crippen LogP contribution in [0.3, 0.4) is 0 Å². The lowest BCUT2D eigenvalue weighted by Gasteiger charge is -2.29. The van der Waals surface area contributed by atoms with E-state index in [9.17, 15) is 9.59 Å². The van der Waals surface area contributed by atoms with E-state index in [4.69, 9.17) is 0 Å². The van der Waals surface area contributed by atoms with Crippen LogP contribution in [0.2, 0.25) is 0 Å². The minimum absolute atomic E-state index is 0.0424. The Labute approximate surface area is 150 Å². The van der Waals surface area contributed by atoms with Gasteiger partial charge in [-0.25, -0.2) is 0 Å². The maximum Gasteiger partial charge on any atom is 0.239 e. The van der Waals surface area contributed by atoms with Gasteiger partial charge < -0.3 is 15.5 Å². The molecule has 5 heteroatoms. The van der Waals surface area contributed by atoms with E-state index in [0.29, 0.717) is 18.4 Å². The van der Waals surface area contributed by atoms with Crippen molar-refractivity contribution in [3.8, 4) is 0 Å². The molecular weight excluding hydrogens is 314 g/mol. The molecule has 2 amide bonds. The number of carbonyl (C=O) groups excluding carboxylic acids is 2. The van der Waals surface area contributed by atoms with Gasteiger partial charge >= 0.3 is 0 Å². The predicted molar refractivity (Wildman–Crippen MR) is 101 cm³/mol. The fourth-order valence-electron chi connectivity index (χ4n) is 3.97. The molecule has 2 atom stereocenters. The summed E-state index contributed by atoms with van der Waals surface area (Å²) >= 11 is 0. The Morgan fingerprint density at radius 2 is 2.04 bits per heavy atom. The molecule has 0 bridgehead atoms. The van der Waals surface area contributed by atoms with Crippen LogP contribution in [0.1, 0.15) is 51.0 Å². The van der Waals surface area contributed by atoms with Crippen molar-refractivity contribution in [2.75, 3.05) is 23.3 Å². The number of amides is 2. The van der Waals surface area contributed by atoms with Gasteiger partial charge in [0.05, 0.1) is 6.54 Å². The molecule has 0 radical (unpaired) electrons. The van der Waals surface area contributed by atoms with Gasteiger partial charge in [-0.2, -0.15) is 0 Å². The first-order chi connectivity index (χ1) is 12.1. The molecule has 1 saturated carbocycles. The van der Waals surface area contributed by atoms with Gasteiger partial charge in [-0.15, -0.1) is 0 Å². The van der Waals surface area contributed by atoms with Crippen molar-refractivity contribution >= 4 is 23.2 Å². The molecule has 5 nitrogen and oxygen atoms in total. The zero-order valence-electron chi connectivity index (χ0n) is 15.3. The molecular formula is C20H29N3O2. The Balaban J connectivity index is 1.59. The van der Waals surface area contributed by atoms with Crippen LogP contribution in [0.15, 0.2) is 18.2 Å². The number of nitrogens with one attached hydrogen (secondary N) is 2. The highest BCUT2D eigenvalue weighted by Gasteiger charge is 2.24. The van der Waals surface area contributed by atoms with E-state index in [1.54, 1.807) is 0 Å². The molecule has 0 spiro atoms. The third kappa shape index (κ3) is 4.14. The Bertz CT molecular complexity index is 644.